The van der Waals surface area contributed by atoms with Crippen LogP contribution in [0, 0.1) is 0 Å². The zero-order valence-electron chi connectivity index (χ0n) is 12.5. The maximum atomic E-state index is 11.0. The van der Waals surface area contributed by atoms with Crippen LogP contribution in [0.5, 0.6) is 11.5 Å². The molecule has 0 aliphatic heterocycles. The average Bonchev–Trinajstić information content (AvgIpc) is 3.19. The number of ether oxygens (including phenoxy) is 2. The van der Waals surface area contributed by atoms with Gasteiger partial charge in [-0.1, -0.05) is 21.1 Å². The van der Waals surface area contributed by atoms with E-state index < -0.39 is 5.97 Å². The molecule has 1 aromatic carbocycles. The second-order valence-corrected chi connectivity index (χ2v) is 6.31. The normalized spacial score (nSPS) is 14.9. The lowest BCUT2D eigenvalue weighted by Crippen LogP contribution is -2.12. The summed E-state index contributed by atoms with van der Waals surface area (Å²) >= 11 is 3.42. The van der Waals surface area contributed by atoms with Crippen LogP contribution < -0.4 is 9.47 Å². The molecule has 1 fully saturated rings. The van der Waals surface area contributed by atoms with Crippen molar-refractivity contribution < 1.29 is 23.9 Å². The minimum atomic E-state index is -1.16. The minimum absolute atomic E-state index is 0.134. The maximum Gasteiger partial charge on any atom is 0.374 e. The van der Waals surface area contributed by atoms with E-state index in [1.165, 1.54) is 6.07 Å². The Morgan fingerprint density at radius 3 is 2.70 bits per heavy atom. The summed E-state index contributed by atoms with van der Waals surface area (Å²) in [7, 11) is 1.57. The van der Waals surface area contributed by atoms with Gasteiger partial charge in [0.05, 0.1) is 18.8 Å². The second kappa shape index (κ2) is 6.62. The topological polar surface area (TPSA) is 81.8 Å². The Labute approximate surface area is 141 Å². The zero-order valence-corrected chi connectivity index (χ0v) is 14.1. The quantitative estimate of drug-likeness (QED) is 0.837. The number of benzene rings is 1. The van der Waals surface area contributed by atoms with E-state index in [0.717, 1.165) is 30.2 Å². The fourth-order valence-electron chi connectivity index (χ4n) is 2.71. The molecule has 1 heterocycles. The number of aromatic nitrogens is 1. The number of rotatable bonds is 5. The van der Waals surface area contributed by atoms with Crippen molar-refractivity contribution in [1.82, 2.24) is 5.16 Å². The maximum absolute atomic E-state index is 11.0. The van der Waals surface area contributed by atoms with E-state index in [2.05, 4.69) is 21.1 Å². The van der Waals surface area contributed by atoms with Gasteiger partial charge in [0, 0.05) is 10.5 Å². The van der Waals surface area contributed by atoms with E-state index in [-0.39, 0.29) is 11.9 Å². The van der Waals surface area contributed by atoms with Crippen LogP contribution in [0.1, 0.15) is 36.2 Å². The third-order valence-corrected chi connectivity index (χ3v) is 4.28. The first-order valence-electron chi connectivity index (χ1n) is 7.33. The highest BCUT2D eigenvalue weighted by molar-refractivity contribution is 9.10. The molecule has 23 heavy (non-hydrogen) atoms. The molecule has 122 valence electrons. The number of hydrogen-bond donors (Lipinski definition) is 1. The van der Waals surface area contributed by atoms with Crippen molar-refractivity contribution in [3.8, 4) is 22.8 Å². The van der Waals surface area contributed by atoms with E-state index >= 15 is 0 Å². The molecule has 0 spiro atoms. The van der Waals surface area contributed by atoms with Crippen molar-refractivity contribution in [2.24, 2.45) is 0 Å². The molecule has 1 aliphatic carbocycles. The van der Waals surface area contributed by atoms with Crippen LogP contribution in [0.3, 0.4) is 0 Å². The fourth-order valence-corrected chi connectivity index (χ4v) is 3.14. The van der Waals surface area contributed by atoms with Crippen LogP contribution in [0.25, 0.3) is 11.3 Å². The first-order chi connectivity index (χ1) is 11.1. The minimum Gasteiger partial charge on any atom is -0.493 e. The standard InChI is InChI=1S/C16H16BrNO5/c1-21-13-7-9(17)6-11(12-8-14(16(19)20)23-18-12)15(13)22-10-4-2-3-5-10/h6-8,10H,2-5H2,1H3,(H,19,20). The largest absolute Gasteiger partial charge is 0.493 e. The Kier molecular flexibility index (Phi) is 4.56. The molecule has 0 bridgehead atoms. The molecule has 3 rings (SSSR count). The van der Waals surface area contributed by atoms with Crippen LogP contribution in [0.2, 0.25) is 0 Å². The number of methoxy groups -OCH3 is 1. The van der Waals surface area contributed by atoms with Gasteiger partial charge in [0.25, 0.3) is 0 Å². The Balaban J connectivity index is 2.05. The van der Waals surface area contributed by atoms with E-state index in [9.17, 15) is 4.79 Å². The number of aromatic carboxylic acids is 1. The summed E-state index contributed by atoms with van der Waals surface area (Å²) in [4.78, 5) is 11.0. The summed E-state index contributed by atoms with van der Waals surface area (Å²) in [6.07, 6.45) is 4.42. The lowest BCUT2D eigenvalue weighted by molar-refractivity contribution is 0.0652. The highest BCUT2D eigenvalue weighted by Crippen LogP contribution is 2.42. The predicted octanol–water partition coefficient (Wildman–Crippen LogP) is 4.13. The van der Waals surface area contributed by atoms with Crippen molar-refractivity contribution in [3.05, 3.63) is 28.4 Å². The highest BCUT2D eigenvalue weighted by atomic mass is 79.9. The molecule has 1 aromatic heterocycles. The lowest BCUT2D eigenvalue weighted by atomic mass is 10.1. The molecule has 7 heteroatoms. The van der Waals surface area contributed by atoms with Crippen LogP contribution >= 0.6 is 15.9 Å². The highest BCUT2D eigenvalue weighted by Gasteiger charge is 2.24. The third-order valence-electron chi connectivity index (χ3n) is 3.82. The summed E-state index contributed by atoms with van der Waals surface area (Å²) in [5.74, 6) is -0.247. The Hall–Kier alpha value is -2.02. The predicted molar refractivity (Wildman–Crippen MR) is 86.0 cm³/mol. The Morgan fingerprint density at radius 1 is 1.35 bits per heavy atom. The molecule has 0 atom stereocenters. The smallest absolute Gasteiger partial charge is 0.374 e. The average molecular weight is 382 g/mol. The van der Waals surface area contributed by atoms with Gasteiger partial charge in [-0.25, -0.2) is 4.79 Å². The number of carboxylic acid groups (broad SMARTS) is 1. The van der Waals surface area contributed by atoms with Gasteiger partial charge >= 0.3 is 5.97 Å². The van der Waals surface area contributed by atoms with Crippen molar-refractivity contribution in [2.45, 2.75) is 31.8 Å². The molecule has 0 radical (unpaired) electrons. The summed E-state index contributed by atoms with van der Waals surface area (Å²) in [5, 5.41) is 12.8. The number of carbonyl (C=O) groups is 1. The summed E-state index contributed by atoms with van der Waals surface area (Å²) in [6.45, 7) is 0. The zero-order chi connectivity index (χ0) is 16.4. The molecule has 1 aliphatic rings. The molecule has 0 unspecified atom stereocenters. The van der Waals surface area contributed by atoms with Gasteiger partial charge in [-0.2, -0.15) is 0 Å². The van der Waals surface area contributed by atoms with E-state index in [1.54, 1.807) is 7.11 Å². The van der Waals surface area contributed by atoms with Crippen molar-refractivity contribution in [3.63, 3.8) is 0 Å². The molecule has 0 saturated heterocycles. The molecule has 6 nitrogen and oxygen atoms in total. The van der Waals surface area contributed by atoms with Gasteiger partial charge in [0.15, 0.2) is 11.5 Å². The lowest BCUT2D eigenvalue weighted by Gasteiger charge is -2.18. The molecule has 0 amide bonds. The fraction of sp³-hybridized carbons (Fsp3) is 0.375. The van der Waals surface area contributed by atoms with Crippen molar-refractivity contribution >= 4 is 21.9 Å². The molecule has 1 saturated carbocycles. The second-order valence-electron chi connectivity index (χ2n) is 5.39. The Bertz CT molecular complexity index is 721. The first kappa shape index (κ1) is 15.9. The number of nitrogens with zero attached hydrogens (tertiary/aromatic N) is 1. The van der Waals surface area contributed by atoms with Crippen molar-refractivity contribution in [1.29, 1.82) is 0 Å². The SMILES string of the molecule is COc1cc(Br)cc(-c2cc(C(=O)O)on2)c1OC1CCCC1. The van der Waals surface area contributed by atoms with Crippen LogP contribution in [-0.4, -0.2) is 29.4 Å². The molecule has 1 N–H and O–H groups in total. The van der Waals surface area contributed by atoms with Gasteiger partial charge in [-0.05, 0) is 37.8 Å². The van der Waals surface area contributed by atoms with Crippen LogP contribution in [-0.2, 0) is 0 Å². The molecular formula is C16H16BrNO5. The van der Waals surface area contributed by atoms with E-state index in [0.29, 0.717) is 22.8 Å². The van der Waals surface area contributed by atoms with Gasteiger partial charge in [0.1, 0.15) is 5.69 Å². The van der Waals surface area contributed by atoms with E-state index in [1.807, 2.05) is 12.1 Å². The van der Waals surface area contributed by atoms with Gasteiger partial charge in [0.2, 0.25) is 5.76 Å². The van der Waals surface area contributed by atoms with Gasteiger partial charge in [-0.15, -0.1) is 0 Å². The summed E-state index contributed by atoms with van der Waals surface area (Å²) in [5.41, 5.74) is 1.04. The van der Waals surface area contributed by atoms with Crippen LogP contribution in [0.15, 0.2) is 27.2 Å². The van der Waals surface area contributed by atoms with Crippen LogP contribution in [0.4, 0.5) is 0 Å². The van der Waals surface area contributed by atoms with E-state index in [4.69, 9.17) is 19.1 Å². The Morgan fingerprint density at radius 2 is 2.09 bits per heavy atom. The first-order valence-corrected chi connectivity index (χ1v) is 8.12. The number of carboxylic acids is 1. The monoisotopic (exact) mass is 381 g/mol. The molecule has 2 aromatic rings. The number of hydrogen-bond acceptors (Lipinski definition) is 5. The molecular weight excluding hydrogens is 366 g/mol. The van der Waals surface area contributed by atoms with Gasteiger partial charge in [-0.3, -0.25) is 0 Å². The number of halogens is 1. The summed E-state index contributed by atoms with van der Waals surface area (Å²) < 4.78 is 17.2. The van der Waals surface area contributed by atoms with Gasteiger partial charge < -0.3 is 19.1 Å². The van der Waals surface area contributed by atoms with Crippen molar-refractivity contribution in [2.75, 3.05) is 7.11 Å². The summed E-state index contributed by atoms with van der Waals surface area (Å²) in [6, 6.07) is 5.01. The third kappa shape index (κ3) is 3.34.